The molecule has 0 saturated carbocycles. The Kier molecular flexibility index (Phi) is 4.15. The lowest BCUT2D eigenvalue weighted by Crippen LogP contribution is -2.56. The molecule has 21 heavy (non-hydrogen) atoms. The summed E-state index contributed by atoms with van der Waals surface area (Å²) in [6, 6.07) is 1.09. The molecular formula is C17H29N3S. The van der Waals surface area contributed by atoms with E-state index in [4.69, 9.17) is 4.98 Å². The number of nitrogens with one attached hydrogen (secondary N) is 1. The Morgan fingerprint density at radius 1 is 1.29 bits per heavy atom. The lowest BCUT2D eigenvalue weighted by molar-refractivity contribution is 0.0682. The van der Waals surface area contributed by atoms with Crippen LogP contribution in [-0.2, 0) is 5.41 Å². The molecule has 3 nitrogen and oxygen atoms in total. The lowest BCUT2D eigenvalue weighted by atomic mass is 9.83. The minimum Gasteiger partial charge on any atom is -0.305 e. The average Bonchev–Trinajstić information content (AvgIpc) is 2.82. The molecule has 4 rings (SSSR count). The number of rotatable bonds is 3. The van der Waals surface area contributed by atoms with Crippen molar-refractivity contribution in [1.29, 1.82) is 0 Å². The number of fused-ring (bicyclic) bond motifs is 3. The van der Waals surface area contributed by atoms with Gasteiger partial charge in [0.2, 0.25) is 0 Å². The van der Waals surface area contributed by atoms with Gasteiger partial charge in [-0.05, 0) is 45.7 Å². The monoisotopic (exact) mass is 307 g/mol. The molecule has 3 aliphatic heterocycles. The average molecular weight is 308 g/mol. The van der Waals surface area contributed by atoms with Crippen LogP contribution in [0.2, 0.25) is 0 Å². The second kappa shape index (κ2) is 5.64. The number of thiazole rings is 1. The molecule has 0 amide bonds. The third-order valence-corrected chi connectivity index (χ3v) is 6.75. The van der Waals surface area contributed by atoms with Crippen LogP contribution in [0.3, 0.4) is 0 Å². The Morgan fingerprint density at radius 3 is 2.43 bits per heavy atom. The van der Waals surface area contributed by atoms with Gasteiger partial charge in [0.25, 0.3) is 0 Å². The van der Waals surface area contributed by atoms with Gasteiger partial charge in [0.1, 0.15) is 0 Å². The minimum absolute atomic E-state index is 0.156. The van der Waals surface area contributed by atoms with Gasteiger partial charge in [-0.25, -0.2) is 4.98 Å². The Labute approximate surface area is 133 Å². The third-order valence-electron chi connectivity index (χ3n) is 4.99. The number of hydrogen-bond donors (Lipinski definition) is 1. The van der Waals surface area contributed by atoms with Gasteiger partial charge in [-0.3, -0.25) is 0 Å². The topological polar surface area (TPSA) is 28.2 Å². The second-order valence-electron chi connectivity index (χ2n) is 7.85. The zero-order valence-electron chi connectivity index (χ0n) is 14.1. The molecule has 2 atom stereocenters. The number of aromatic nitrogens is 1. The largest absolute Gasteiger partial charge is 0.305 e. The molecule has 1 aromatic rings. The van der Waals surface area contributed by atoms with Crippen molar-refractivity contribution in [3.63, 3.8) is 0 Å². The predicted molar refractivity (Wildman–Crippen MR) is 90.1 cm³/mol. The van der Waals surface area contributed by atoms with Crippen molar-refractivity contribution >= 4 is 11.3 Å². The summed E-state index contributed by atoms with van der Waals surface area (Å²) in [5, 5.41) is 5.16. The molecule has 1 N–H and O–H groups in total. The molecular weight excluding hydrogens is 278 g/mol. The normalized spacial score (nSPS) is 30.6. The van der Waals surface area contributed by atoms with Gasteiger partial charge in [0.05, 0.1) is 10.7 Å². The van der Waals surface area contributed by atoms with Crippen LogP contribution in [0.1, 0.15) is 62.2 Å². The maximum atomic E-state index is 4.81. The van der Waals surface area contributed by atoms with Crippen LogP contribution in [0, 0.1) is 12.8 Å². The van der Waals surface area contributed by atoms with E-state index in [0.717, 1.165) is 5.92 Å². The quantitative estimate of drug-likeness (QED) is 0.926. The fourth-order valence-electron chi connectivity index (χ4n) is 3.68. The molecule has 3 aliphatic rings. The van der Waals surface area contributed by atoms with E-state index in [9.17, 15) is 0 Å². The maximum absolute atomic E-state index is 4.81. The highest BCUT2D eigenvalue weighted by atomic mass is 32.1. The van der Waals surface area contributed by atoms with E-state index >= 15 is 0 Å². The summed E-state index contributed by atoms with van der Waals surface area (Å²) >= 11 is 1.90. The van der Waals surface area contributed by atoms with Gasteiger partial charge in [-0.15, -0.1) is 11.3 Å². The van der Waals surface area contributed by atoms with Gasteiger partial charge >= 0.3 is 0 Å². The summed E-state index contributed by atoms with van der Waals surface area (Å²) in [6.45, 7) is 15.1. The Morgan fingerprint density at radius 2 is 1.95 bits per heavy atom. The highest BCUT2D eigenvalue weighted by Gasteiger charge is 2.35. The fraction of sp³-hybridized carbons (Fsp3) is 0.824. The first kappa shape index (κ1) is 15.4. The summed E-state index contributed by atoms with van der Waals surface area (Å²) in [7, 11) is 0. The third kappa shape index (κ3) is 3.17. The molecule has 4 heteroatoms. The molecule has 0 spiro atoms. The lowest BCUT2D eigenvalue weighted by Gasteiger charge is -2.46. The molecule has 0 aromatic carbocycles. The van der Waals surface area contributed by atoms with E-state index in [0.29, 0.717) is 12.1 Å². The molecule has 4 heterocycles. The van der Waals surface area contributed by atoms with E-state index in [-0.39, 0.29) is 5.41 Å². The molecule has 2 bridgehead atoms. The maximum Gasteiger partial charge on any atom is 0.0985 e. The Hall–Kier alpha value is -0.450. The minimum atomic E-state index is 0.156. The Bertz CT molecular complexity index is 495. The van der Waals surface area contributed by atoms with Gasteiger partial charge in [0.15, 0.2) is 0 Å². The van der Waals surface area contributed by atoms with E-state index in [1.807, 2.05) is 11.3 Å². The Balaban J connectivity index is 1.71. The van der Waals surface area contributed by atoms with Crippen LogP contribution in [-0.4, -0.2) is 35.6 Å². The number of aryl methyl sites for hydroxylation is 1. The summed E-state index contributed by atoms with van der Waals surface area (Å²) in [5.74, 6) is 0.882. The predicted octanol–water partition coefficient (Wildman–Crippen LogP) is 3.49. The summed E-state index contributed by atoms with van der Waals surface area (Å²) < 4.78 is 0. The van der Waals surface area contributed by atoms with Crippen molar-refractivity contribution in [3.8, 4) is 0 Å². The van der Waals surface area contributed by atoms with Gasteiger partial charge in [-0.1, -0.05) is 20.8 Å². The van der Waals surface area contributed by atoms with Crippen molar-refractivity contribution in [1.82, 2.24) is 15.2 Å². The van der Waals surface area contributed by atoms with E-state index in [1.54, 1.807) is 0 Å². The van der Waals surface area contributed by atoms with Crippen LogP contribution in [0.4, 0.5) is 0 Å². The smallest absolute Gasteiger partial charge is 0.0985 e. The first-order chi connectivity index (χ1) is 9.84. The van der Waals surface area contributed by atoms with Gasteiger partial charge < -0.3 is 10.2 Å². The molecule has 1 aromatic heterocycles. The summed E-state index contributed by atoms with van der Waals surface area (Å²) in [6.07, 6.45) is 2.75. The van der Waals surface area contributed by atoms with Crippen LogP contribution < -0.4 is 5.32 Å². The summed E-state index contributed by atoms with van der Waals surface area (Å²) in [5.41, 5.74) is 1.37. The van der Waals surface area contributed by atoms with Crippen molar-refractivity contribution in [2.45, 2.75) is 65.0 Å². The number of piperidine rings is 3. The zero-order chi connectivity index (χ0) is 15.2. The van der Waals surface area contributed by atoms with Crippen LogP contribution in [0.15, 0.2) is 0 Å². The molecule has 3 fully saturated rings. The first-order valence-electron chi connectivity index (χ1n) is 8.31. The SMILES string of the molecule is Cc1nc(C(C)(C)C)sc1C(C)NC1CN2CCC1CC2. The van der Waals surface area contributed by atoms with E-state index in [1.165, 1.54) is 48.1 Å². The van der Waals surface area contributed by atoms with Gasteiger partial charge in [-0.2, -0.15) is 0 Å². The van der Waals surface area contributed by atoms with Crippen LogP contribution >= 0.6 is 11.3 Å². The van der Waals surface area contributed by atoms with Crippen molar-refractivity contribution < 1.29 is 0 Å². The number of nitrogens with zero attached hydrogens (tertiary/aromatic N) is 2. The van der Waals surface area contributed by atoms with Crippen molar-refractivity contribution in [2.75, 3.05) is 19.6 Å². The fourth-order valence-corrected chi connectivity index (χ4v) is 4.82. The highest BCUT2D eigenvalue weighted by molar-refractivity contribution is 7.12. The zero-order valence-corrected chi connectivity index (χ0v) is 14.9. The van der Waals surface area contributed by atoms with E-state index in [2.05, 4.69) is 44.8 Å². The molecule has 3 saturated heterocycles. The summed E-state index contributed by atoms with van der Waals surface area (Å²) in [4.78, 5) is 8.85. The molecule has 0 radical (unpaired) electrons. The standard InChI is InChI=1S/C17H29N3S/c1-11(15-12(2)19-16(21-15)17(3,4)5)18-14-10-20-8-6-13(14)7-9-20/h11,13-14,18H,6-10H2,1-5H3. The van der Waals surface area contributed by atoms with Gasteiger partial charge in [0, 0.05) is 28.9 Å². The van der Waals surface area contributed by atoms with E-state index < -0.39 is 0 Å². The van der Waals surface area contributed by atoms with Crippen molar-refractivity contribution in [3.05, 3.63) is 15.6 Å². The van der Waals surface area contributed by atoms with Crippen LogP contribution in [0.5, 0.6) is 0 Å². The first-order valence-corrected chi connectivity index (χ1v) is 9.12. The number of hydrogen-bond acceptors (Lipinski definition) is 4. The second-order valence-corrected chi connectivity index (χ2v) is 8.88. The van der Waals surface area contributed by atoms with Crippen LogP contribution in [0.25, 0.3) is 0 Å². The molecule has 118 valence electrons. The van der Waals surface area contributed by atoms with Crippen molar-refractivity contribution in [2.24, 2.45) is 5.92 Å². The molecule has 2 unspecified atom stereocenters. The molecule has 0 aliphatic carbocycles. The highest BCUT2D eigenvalue weighted by Crippen LogP contribution is 2.34.